The zero-order valence-corrected chi connectivity index (χ0v) is 9.46. The number of aromatic carboxylic acids is 1. The van der Waals surface area contributed by atoms with Gasteiger partial charge in [-0.1, -0.05) is 6.07 Å². The number of carbonyl (C=O) groups is 2. The fourth-order valence-electron chi connectivity index (χ4n) is 1.72. The zero-order valence-electron chi connectivity index (χ0n) is 9.46. The van der Waals surface area contributed by atoms with Crippen LogP contribution < -0.4 is 0 Å². The Kier molecular flexibility index (Phi) is 2.95. The summed E-state index contributed by atoms with van der Waals surface area (Å²) in [6.45, 7) is 1.88. The van der Waals surface area contributed by atoms with Gasteiger partial charge in [0.2, 0.25) is 0 Å². The van der Waals surface area contributed by atoms with Crippen LogP contribution >= 0.6 is 0 Å². The van der Waals surface area contributed by atoms with E-state index in [0.717, 1.165) is 12.1 Å². The van der Waals surface area contributed by atoms with Gasteiger partial charge in [0.15, 0.2) is 0 Å². The minimum Gasteiger partial charge on any atom is -0.477 e. The lowest BCUT2D eigenvalue weighted by Gasteiger charge is -2.15. The number of likely N-dealkylation sites (N-methyl/N-ethyl adjacent to an activating group) is 1. The van der Waals surface area contributed by atoms with Gasteiger partial charge in [0, 0.05) is 32.9 Å². The van der Waals surface area contributed by atoms with E-state index in [9.17, 15) is 9.59 Å². The molecule has 2 heterocycles. The molecule has 0 bridgehead atoms. The highest BCUT2D eigenvalue weighted by atomic mass is 16.4. The summed E-state index contributed by atoms with van der Waals surface area (Å²) in [6, 6.07) is 3.12. The van der Waals surface area contributed by atoms with Crippen LogP contribution in [-0.2, 0) is 6.54 Å². The number of amides is 2. The maximum absolute atomic E-state index is 11.6. The van der Waals surface area contributed by atoms with E-state index in [1.54, 1.807) is 22.9 Å². The standard InChI is InChI=1S/C11H13N3O3/c1-13-4-5-14(11(13)17)7-8-2-3-9(10(15)16)12-6-8/h2-3,6H,4-5,7H2,1H3,(H,15,16). The highest BCUT2D eigenvalue weighted by Crippen LogP contribution is 2.11. The third kappa shape index (κ3) is 2.35. The Morgan fingerprint density at radius 3 is 2.71 bits per heavy atom. The van der Waals surface area contributed by atoms with Crippen molar-refractivity contribution in [2.45, 2.75) is 6.54 Å². The lowest BCUT2D eigenvalue weighted by molar-refractivity contribution is 0.0690. The largest absolute Gasteiger partial charge is 0.477 e. The highest BCUT2D eigenvalue weighted by molar-refractivity contribution is 5.85. The highest BCUT2D eigenvalue weighted by Gasteiger charge is 2.25. The van der Waals surface area contributed by atoms with Crippen LogP contribution in [0.15, 0.2) is 18.3 Å². The molecule has 0 aliphatic carbocycles. The Morgan fingerprint density at radius 1 is 1.47 bits per heavy atom. The number of rotatable bonds is 3. The van der Waals surface area contributed by atoms with Crippen molar-refractivity contribution in [2.75, 3.05) is 20.1 Å². The summed E-state index contributed by atoms with van der Waals surface area (Å²) in [4.78, 5) is 29.4. The number of hydrogen-bond acceptors (Lipinski definition) is 3. The van der Waals surface area contributed by atoms with E-state index in [1.807, 2.05) is 0 Å². The summed E-state index contributed by atoms with van der Waals surface area (Å²) >= 11 is 0. The number of hydrogen-bond donors (Lipinski definition) is 1. The third-order valence-electron chi connectivity index (χ3n) is 2.72. The second-order valence-electron chi connectivity index (χ2n) is 3.98. The van der Waals surface area contributed by atoms with E-state index >= 15 is 0 Å². The predicted molar refractivity (Wildman–Crippen MR) is 59.6 cm³/mol. The van der Waals surface area contributed by atoms with Crippen molar-refractivity contribution in [2.24, 2.45) is 0 Å². The van der Waals surface area contributed by atoms with Crippen LogP contribution in [0, 0.1) is 0 Å². The third-order valence-corrected chi connectivity index (χ3v) is 2.72. The van der Waals surface area contributed by atoms with Gasteiger partial charge in [-0.2, -0.15) is 0 Å². The molecule has 1 aliphatic heterocycles. The SMILES string of the molecule is CN1CCN(Cc2ccc(C(=O)O)nc2)C1=O. The molecule has 1 saturated heterocycles. The van der Waals surface area contributed by atoms with Gasteiger partial charge in [0.05, 0.1) is 0 Å². The van der Waals surface area contributed by atoms with Crippen molar-refractivity contribution in [3.8, 4) is 0 Å². The van der Waals surface area contributed by atoms with E-state index < -0.39 is 5.97 Å². The summed E-state index contributed by atoms with van der Waals surface area (Å²) in [5.74, 6) is -1.05. The van der Waals surface area contributed by atoms with Crippen LogP contribution in [0.5, 0.6) is 0 Å². The van der Waals surface area contributed by atoms with Gasteiger partial charge in [0.25, 0.3) is 0 Å². The molecule has 0 saturated carbocycles. The average molecular weight is 235 g/mol. The summed E-state index contributed by atoms with van der Waals surface area (Å²) in [5, 5.41) is 8.70. The molecule has 0 radical (unpaired) electrons. The number of carboxylic acid groups (broad SMARTS) is 1. The van der Waals surface area contributed by atoms with Crippen LogP contribution in [0.2, 0.25) is 0 Å². The predicted octanol–water partition coefficient (Wildman–Crippen LogP) is 0.647. The summed E-state index contributed by atoms with van der Waals surface area (Å²) in [7, 11) is 1.76. The molecule has 1 aromatic heterocycles. The molecule has 2 amide bonds. The Morgan fingerprint density at radius 2 is 2.24 bits per heavy atom. The molecule has 6 nitrogen and oxygen atoms in total. The van der Waals surface area contributed by atoms with Gasteiger partial charge in [0.1, 0.15) is 5.69 Å². The molecule has 6 heteroatoms. The molecule has 90 valence electrons. The molecule has 1 aromatic rings. The molecule has 2 rings (SSSR count). The van der Waals surface area contributed by atoms with Gasteiger partial charge in [-0.3, -0.25) is 0 Å². The molecule has 0 spiro atoms. The normalized spacial score (nSPS) is 15.5. The van der Waals surface area contributed by atoms with Gasteiger partial charge in [-0.25, -0.2) is 14.6 Å². The molecular weight excluding hydrogens is 222 g/mol. The van der Waals surface area contributed by atoms with Crippen LogP contribution in [0.3, 0.4) is 0 Å². The lowest BCUT2D eigenvalue weighted by Crippen LogP contribution is -2.29. The van der Waals surface area contributed by atoms with Crippen LogP contribution in [-0.4, -0.2) is 52.0 Å². The van der Waals surface area contributed by atoms with Crippen molar-refractivity contribution in [3.63, 3.8) is 0 Å². The molecule has 0 unspecified atom stereocenters. The maximum Gasteiger partial charge on any atom is 0.354 e. The first-order valence-corrected chi connectivity index (χ1v) is 5.26. The number of urea groups is 1. The quantitative estimate of drug-likeness (QED) is 0.834. The Labute approximate surface area is 98.5 Å². The van der Waals surface area contributed by atoms with E-state index in [4.69, 9.17) is 5.11 Å². The number of pyridine rings is 1. The maximum atomic E-state index is 11.6. The minimum atomic E-state index is -1.05. The van der Waals surface area contributed by atoms with E-state index in [-0.39, 0.29) is 11.7 Å². The summed E-state index contributed by atoms with van der Waals surface area (Å²) in [6.07, 6.45) is 1.50. The minimum absolute atomic E-state index is 0.00712. The zero-order chi connectivity index (χ0) is 12.4. The topological polar surface area (TPSA) is 73.7 Å². The Bertz CT molecular complexity index is 444. The summed E-state index contributed by atoms with van der Waals surface area (Å²) in [5.41, 5.74) is 0.845. The first-order chi connectivity index (χ1) is 8.08. The van der Waals surface area contributed by atoms with E-state index in [0.29, 0.717) is 13.1 Å². The van der Waals surface area contributed by atoms with Gasteiger partial charge >= 0.3 is 12.0 Å². The van der Waals surface area contributed by atoms with Crippen molar-refractivity contribution in [1.82, 2.24) is 14.8 Å². The van der Waals surface area contributed by atoms with Gasteiger partial charge in [-0.15, -0.1) is 0 Å². The van der Waals surface area contributed by atoms with Crippen LogP contribution in [0.1, 0.15) is 16.1 Å². The van der Waals surface area contributed by atoms with Gasteiger partial charge < -0.3 is 14.9 Å². The van der Waals surface area contributed by atoms with Crippen molar-refractivity contribution >= 4 is 12.0 Å². The fraction of sp³-hybridized carbons (Fsp3) is 0.364. The van der Waals surface area contributed by atoms with E-state index in [1.165, 1.54) is 12.3 Å². The molecular formula is C11H13N3O3. The average Bonchev–Trinajstić information content (AvgIpc) is 2.62. The molecule has 0 atom stereocenters. The number of carboxylic acids is 1. The second-order valence-corrected chi connectivity index (χ2v) is 3.98. The van der Waals surface area contributed by atoms with Crippen LogP contribution in [0.4, 0.5) is 4.79 Å². The van der Waals surface area contributed by atoms with Crippen LogP contribution in [0.25, 0.3) is 0 Å². The number of nitrogens with zero attached hydrogens (tertiary/aromatic N) is 3. The molecule has 1 aliphatic rings. The number of aromatic nitrogens is 1. The summed E-state index contributed by atoms with van der Waals surface area (Å²) < 4.78 is 0. The molecule has 1 N–H and O–H groups in total. The molecule has 17 heavy (non-hydrogen) atoms. The van der Waals surface area contributed by atoms with Gasteiger partial charge in [-0.05, 0) is 11.6 Å². The first-order valence-electron chi connectivity index (χ1n) is 5.26. The Hall–Kier alpha value is -2.11. The second kappa shape index (κ2) is 4.40. The first kappa shape index (κ1) is 11.4. The van der Waals surface area contributed by atoms with Crippen molar-refractivity contribution in [3.05, 3.63) is 29.6 Å². The van der Waals surface area contributed by atoms with Crippen molar-refractivity contribution in [1.29, 1.82) is 0 Å². The molecule has 1 fully saturated rings. The lowest BCUT2D eigenvalue weighted by atomic mass is 10.2. The Balaban J connectivity index is 2.04. The van der Waals surface area contributed by atoms with E-state index in [2.05, 4.69) is 4.98 Å². The number of carbonyl (C=O) groups excluding carboxylic acids is 1. The smallest absolute Gasteiger partial charge is 0.354 e. The molecule has 0 aromatic carbocycles. The monoisotopic (exact) mass is 235 g/mol. The fourth-order valence-corrected chi connectivity index (χ4v) is 1.72. The van der Waals surface area contributed by atoms with Crippen molar-refractivity contribution < 1.29 is 14.7 Å².